The van der Waals surface area contributed by atoms with Crippen LogP contribution < -0.4 is 5.32 Å². The van der Waals surface area contributed by atoms with Gasteiger partial charge < -0.3 is 10.2 Å². The number of aromatic nitrogens is 3. The van der Waals surface area contributed by atoms with Crippen molar-refractivity contribution in [3.63, 3.8) is 0 Å². The van der Waals surface area contributed by atoms with Crippen LogP contribution in [-0.4, -0.2) is 51.0 Å². The molecule has 0 bridgehead atoms. The van der Waals surface area contributed by atoms with Gasteiger partial charge in [-0.05, 0) is 25.3 Å². The van der Waals surface area contributed by atoms with Crippen LogP contribution in [0.4, 0.5) is 0 Å². The normalized spacial score (nSPS) is 21.5. The van der Waals surface area contributed by atoms with E-state index in [4.69, 9.17) is 0 Å². The second-order valence-corrected chi connectivity index (χ2v) is 6.39. The number of piperazine rings is 1. The lowest BCUT2D eigenvalue weighted by molar-refractivity contribution is 0.0597. The molecule has 1 aliphatic rings. The number of rotatable bonds is 3. The molecule has 0 aliphatic carbocycles. The fraction of sp³-hybridized carbons (Fsp3) is 0.500. The fourth-order valence-electron chi connectivity index (χ4n) is 2.53. The molecule has 6 nitrogen and oxygen atoms in total. The van der Waals surface area contributed by atoms with Gasteiger partial charge in [-0.25, -0.2) is 4.68 Å². The minimum absolute atomic E-state index is 0. The van der Waals surface area contributed by atoms with Crippen molar-refractivity contribution in [1.29, 1.82) is 0 Å². The summed E-state index contributed by atoms with van der Waals surface area (Å²) in [6.07, 6.45) is 1.74. The predicted octanol–water partition coefficient (Wildman–Crippen LogP) is 1.63. The van der Waals surface area contributed by atoms with E-state index in [1.54, 1.807) is 22.2 Å². The van der Waals surface area contributed by atoms with Gasteiger partial charge in [0, 0.05) is 30.1 Å². The van der Waals surface area contributed by atoms with Gasteiger partial charge in [0.05, 0.1) is 12.7 Å². The molecular formula is C14H20ClN5OS. The lowest BCUT2D eigenvalue weighted by Gasteiger charge is -2.38. The molecule has 0 saturated carbocycles. The van der Waals surface area contributed by atoms with Crippen molar-refractivity contribution in [2.75, 3.05) is 13.1 Å². The summed E-state index contributed by atoms with van der Waals surface area (Å²) in [6.45, 7) is 6.34. The van der Waals surface area contributed by atoms with E-state index >= 15 is 0 Å². The molecule has 1 saturated heterocycles. The van der Waals surface area contributed by atoms with Crippen LogP contribution in [0.15, 0.2) is 23.7 Å². The van der Waals surface area contributed by atoms with Crippen molar-refractivity contribution in [3.05, 3.63) is 34.3 Å². The van der Waals surface area contributed by atoms with E-state index in [0.717, 1.165) is 6.54 Å². The Bertz CT molecular complexity index is 615. The first-order chi connectivity index (χ1) is 10.1. The van der Waals surface area contributed by atoms with E-state index < -0.39 is 0 Å². The molecule has 1 N–H and O–H groups in total. The molecule has 1 fully saturated rings. The highest BCUT2D eigenvalue weighted by Gasteiger charge is 2.30. The summed E-state index contributed by atoms with van der Waals surface area (Å²) in [6, 6.07) is 4.51. The first-order valence-electron chi connectivity index (χ1n) is 7.12. The van der Waals surface area contributed by atoms with Gasteiger partial charge in [0.15, 0.2) is 5.69 Å². The Hall–Kier alpha value is -1.44. The standard InChI is InChI=1S/C14H19N5OS.ClH/c1-10-11(2)19(6-5-15-10)14(20)13-9-18(17-16-13)8-12-4-3-7-21-12;/h3-4,7,9-11,15H,5-6,8H2,1-2H3;1H. The maximum atomic E-state index is 12.6. The summed E-state index contributed by atoms with van der Waals surface area (Å²) < 4.78 is 1.72. The molecule has 2 atom stereocenters. The molecular weight excluding hydrogens is 322 g/mol. The van der Waals surface area contributed by atoms with E-state index in [9.17, 15) is 4.79 Å². The van der Waals surface area contributed by atoms with Gasteiger partial charge in [0.1, 0.15) is 0 Å². The molecule has 0 radical (unpaired) electrons. The molecule has 3 rings (SSSR count). The highest BCUT2D eigenvalue weighted by atomic mass is 35.5. The van der Waals surface area contributed by atoms with Crippen molar-refractivity contribution in [1.82, 2.24) is 25.2 Å². The molecule has 3 heterocycles. The van der Waals surface area contributed by atoms with Gasteiger partial charge in [-0.1, -0.05) is 11.3 Å². The molecule has 2 aromatic heterocycles. The molecule has 2 aromatic rings. The summed E-state index contributed by atoms with van der Waals surface area (Å²) in [5, 5.41) is 13.5. The molecule has 0 spiro atoms. The second-order valence-electron chi connectivity index (χ2n) is 5.36. The minimum Gasteiger partial charge on any atom is -0.332 e. The van der Waals surface area contributed by atoms with E-state index in [1.165, 1.54) is 4.88 Å². The van der Waals surface area contributed by atoms with Crippen LogP contribution in [0.25, 0.3) is 0 Å². The predicted molar refractivity (Wildman–Crippen MR) is 88.7 cm³/mol. The zero-order chi connectivity index (χ0) is 14.8. The highest BCUT2D eigenvalue weighted by Crippen LogP contribution is 2.14. The smallest absolute Gasteiger partial charge is 0.276 e. The Morgan fingerprint density at radius 1 is 1.50 bits per heavy atom. The third-order valence-electron chi connectivity index (χ3n) is 3.95. The minimum atomic E-state index is -0.0340. The van der Waals surface area contributed by atoms with Crippen LogP contribution in [0.5, 0.6) is 0 Å². The Labute approximate surface area is 139 Å². The van der Waals surface area contributed by atoms with Crippen LogP contribution in [0.2, 0.25) is 0 Å². The lowest BCUT2D eigenvalue weighted by Crippen LogP contribution is -2.57. The Balaban J connectivity index is 0.00000176. The number of carbonyl (C=O) groups is 1. The number of thiophene rings is 1. The number of amides is 1. The summed E-state index contributed by atoms with van der Waals surface area (Å²) in [5.74, 6) is -0.0340. The number of hydrogen-bond acceptors (Lipinski definition) is 5. The van der Waals surface area contributed by atoms with Crippen molar-refractivity contribution in [3.8, 4) is 0 Å². The number of hydrogen-bond donors (Lipinski definition) is 1. The summed E-state index contributed by atoms with van der Waals surface area (Å²) >= 11 is 1.67. The van der Waals surface area contributed by atoms with Gasteiger partial charge >= 0.3 is 0 Å². The summed E-state index contributed by atoms with van der Waals surface area (Å²) in [5.41, 5.74) is 0.424. The first-order valence-corrected chi connectivity index (χ1v) is 8.00. The fourth-order valence-corrected chi connectivity index (χ4v) is 3.22. The second kappa shape index (κ2) is 7.21. The van der Waals surface area contributed by atoms with Crippen molar-refractivity contribution in [2.45, 2.75) is 32.5 Å². The van der Waals surface area contributed by atoms with Crippen LogP contribution in [0.1, 0.15) is 29.2 Å². The van der Waals surface area contributed by atoms with Crippen molar-refractivity contribution in [2.24, 2.45) is 0 Å². The third-order valence-corrected chi connectivity index (χ3v) is 4.81. The summed E-state index contributed by atoms with van der Waals surface area (Å²) in [7, 11) is 0. The molecule has 0 aromatic carbocycles. The highest BCUT2D eigenvalue weighted by molar-refractivity contribution is 7.09. The Kier molecular flexibility index (Phi) is 5.55. The average Bonchev–Trinajstić information content (AvgIpc) is 3.13. The van der Waals surface area contributed by atoms with Gasteiger partial charge in [0.2, 0.25) is 0 Å². The molecule has 22 heavy (non-hydrogen) atoms. The van der Waals surface area contributed by atoms with Crippen LogP contribution in [-0.2, 0) is 6.54 Å². The maximum Gasteiger partial charge on any atom is 0.276 e. The van der Waals surface area contributed by atoms with E-state index in [0.29, 0.717) is 24.8 Å². The van der Waals surface area contributed by atoms with Crippen molar-refractivity contribution >= 4 is 29.7 Å². The van der Waals surface area contributed by atoms with Crippen LogP contribution in [0.3, 0.4) is 0 Å². The monoisotopic (exact) mass is 341 g/mol. The van der Waals surface area contributed by atoms with Gasteiger partial charge in [0.25, 0.3) is 5.91 Å². The molecule has 120 valence electrons. The third kappa shape index (κ3) is 3.48. The molecule has 1 amide bonds. The number of nitrogens with zero attached hydrogens (tertiary/aromatic N) is 4. The number of halogens is 1. The van der Waals surface area contributed by atoms with E-state index in [2.05, 4.69) is 29.5 Å². The van der Waals surface area contributed by atoms with E-state index in [-0.39, 0.29) is 24.4 Å². The zero-order valence-electron chi connectivity index (χ0n) is 12.6. The molecule has 1 aliphatic heterocycles. The Morgan fingerprint density at radius 3 is 3.05 bits per heavy atom. The van der Waals surface area contributed by atoms with E-state index in [1.807, 2.05) is 22.4 Å². The van der Waals surface area contributed by atoms with Gasteiger partial charge in [-0.3, -0.25) is 4.79 Å². The largest absolute Gasteiger partial charge is 0.332 e. The SMILES string of the molecule is CC1NCCN(C(=O)c2cn(Cc3cccs3)nn2)C1C.Cl. The summed E-state index contributed by atoms with van der Waals surface area (Å²) in [4.78, 5) is 15.6. The Morgan fingerprint density at radius 2 is 2.32 bits per heavy atom. The number of nitrogens with one attached hydrogen (secondary N) is 1. The topological polar surface area (TPSA) is 63.1 Å². The lowest BCUT2D eigenvalue weighted by atomic mass is 10.1. The molecule has 8 heteroatoms. The van der Waals surface area contributed by atoms with Gasteiger partial charge in [-0.15, -0.1) is 28.8 Å². The number of carbonyl (C=O) groups excluding carboxylic acids is 1. The maximum absolute atomic E-state index is 12.6. The van der Waals surface area contributed by atoms with Crippen LogP contribution >= 0.6 is 23.7 Å². The van der Waals surface area contributed by atoms with Crippen LogP contribution in [0, 0.1) is 0 Å². The van der Waals surface area contributed by atoms with Gasteiger partial charge in [-0.2, -0.15) is 0 Å². The van der Waals surface area contributed by atoms with Crippen molar-refractivity contribution < 1.29 is 4.79 Å². The molecule has 2 unspecified atom stereocenters. The first kappa shape index (κ1) is 16.9. The quantitative estimate of drug-likeness (QED) is 0.921. The zero-order valence-corrected chi connectivity index (χ0v) is 14.2. The average molecular weight is 342 g/mol.